The van der Waals surface area contributed by atoms with Crippen LogP contribution in [-0.4, -0.2) is 4.57 Å². The van der Waals surface area contributed by atoms with Crippen molar-refractivity contribution in [1.82, 2.24) is 4.57 Å². The molecule has 10 aromatic rings. The Bertz CT molecular complexity index is 3190. The van der Waals surface area contributed by atoms with Crippen molar-refractivity contribution < 1.29 is 0 Å². The van der Waals surface area contributed by atoms with Crippen LogP contribution in [0.2, 0.25) is 0 Å². The minimum Gasteiger partial charge on any atom is -0.310 e. The molecule has 0 radical (unpaired) electrons. The molecule has 0 spiro atoms. The zero-order chi connectivity index (χ0) is 42.6. The lowest BCUT2D eigenvalue weighted by Crippen LogP contribution is -2.19. The summed E-state index contributed by atoms with van der Waals surface area (Å²) in [5, 5.41) is 5.00. The summed E-state index contributed by atoms with van der Waals surface area (Å²) in [6, 6.07) is 76.0. The number of anilines is 3. The van der Waals surface area contributed by atoms with Crippen LogP contribution in [0.15, 0.2) is 206 Å². The smallest absolute Gasteiger partial charge is 0.0547 e. The van der Waals surface area contributed by atoms with Gasteiger partial charge in [0.1, 0.15) is 0 Å². The third-order valence-electron chi connectivity index (χ3n) is 12.5. The fourth-order valence-corrected chi connectivity index (χ4v) is 9.16. The zero-order valence-electron chi connectivity index (χ0n) is 36.5. The van der Waals surface area contributed by atoms with Gasteiger partial charge in [0.25, 0.3) is 0 Å². The van der Waals surface area contributed by atoms with Crippen molar-refractivity contribution in [3.05, 3.63) is 217 Å². The molecule has 2 heteroatoms. The summed E-state index contributed by atoms with van der Waals surface area (Å²) in [6.45, 7) is 13.9. The van der Waals surface area contributed by atoms with E-state index in [-0.39, 0.29) is 10.8 Å². The van der Waals surface area contributed by atoms with E-state index >= 15 is 0 Å². The minimum atomic E-state index is -0.0495. The van der Waals surface area contributed by atoms with E-state index in [1.54, 1.807) is 0 Å². The second-order valence-corrected chi connectivity index (χ2v) is 18.7. The summed E-state index contributed by atoms with van der Waals surface area (Å²) < 4.78 is 2.40. The highest BCUT2D eigenvalue weighted by Gasteiger charge is 2.25. The third-order valence-corrected chi connectivity index (χ3v) is 12.5. The molecule has 2 nitrogen and oxygen atoms in total. The van der Waals surface area contributed by atoms with Gasteiger partial charge in [0.05, 0.1) is 16.7 Å². The SMILES string of the molecule is CC(C)(C)c1cc(N(c2ccc(-c3ccc4c5ccccc5n(-c5ccccc5)c4c3)cc2)c2ccccc2-c2cccc3cccc(-c4ccccc4)c23)cc(C(C)(C)C)c1. The van der Waals surface area contributed by atoms with E-state index in [0.29, 0.717) is 0 Å². The van der Waals surface area contributed by atoms with Gasteiger partial charge in [-0.3, -0.25) is 0 Å². The zero-order valence-corrected chi connectivity index (χ0v) is 36.5. The second kappa shape index (κ2) is 15.4. The Morgan fingerprint density at radius 3 is 1.63 bits per heavy atom. The quantitative estimate of drug-likeness (QED) is 0.156. The molecule has 0 aliphatic rings. The van der Waals surface area contributed by atoms with E-state index in [4.69, 9.17) is 0 Å². The number of aromatic nitrogens is 1. The van der Waals surface area contributed by atoms with Crippen molar-refractivity contribution in [2.75, 3.05) is 4.90 Å². The van der Waals surface area contributed by atoms with Crippen LogP contribution in [0.25, 0.3) is 71.6 Å². The Labute approximate surface area is 366 Å². The van der Waals surface area contributed by atoms with Crippen LogP contribution in [0.5, 0.6) is 0 Å². The Balaban J connectivity index is 1.17. The predicted molar refractivity (Wildman–Crippen MR) is 267 cm³/mol. The van der Waals surface area contributed by atoms with Crippen LogP contribution in [0.1, 0.15) is 52.7 Å². The van der Waals surface area contributed by atoms with Crippen LogP contribution in [0, 0.1) is 0 Å². The van der Waals surface area contributed by atoms with Crippen molar-refractivity contribution in [1.29, 1.82) is 0 Å². The average molecular weight is 801 g/mol. The number of para-hydroxylation sites is 3. The first kappa shape index (κ1) is 39.0. The topological polar surface area (TPSA) is 8.17 Å². The van der Waals surface area contributed by atoms with Crippen molar-refractivity contribution >= 4 is 49.6 Å². The van der Waals surface area contributed by atoms with Gasteiger partial charge < -0.3 is 9.47 Å². The van der Waals surface area contributed by atoms with Crippen molar-refractivity contribution in [2.24, 2.45) is 0 Å². The molecular formula is C60H52N2. The Morgan fingerprint density at radius 1 is 0.371 bits per heavy atom. The Hall–Kier alpha value is -7.16. The fourth-order valence-electron chi connectivity index (χ4n) is 9.16. The summed E-state index contributed by atoms with van der Waals surface area (Å²) in [7, 11) is 0. The van der Waals surface area contributed by atoms with Crippen LogP contribution in [0.3, 0.4) is 0 Å². The second-order valence-electron chi connectivity index (χ2n) is 18.7. The number of rotatable bonds is 7. The molecule has 62 heavy (non-hydrogen) atoms. The normalized spacial score (nSPS) is 12.0. The summed E-state index contributed by atoms with van der Waals surface area (Å²) in [5.41, 5.74) is 16.7. The molecule has 0 N–H and O–H groups in total. The lowest BCUT2D eigenvalue weighted by atomic mass is 9.80. The highest BCUT2D eigenvalue weighted by molar-refractivity contribution is 6.11. The predicted octanol–water partition coefficient (Wildman–Crippen LogP) is 17.0. The fraction of sp³-hybridized carbons (Fsp3) is 0.133. The maximum atomic E-state index is 2.49. The van der Waals surface area contributed by atoms with E-state index in [2.05, 4.69) is 257 Å². The van der Waals surface area contributed by atoms with Gasteiger partial charge >= 0.3 is 0 Å². The molecule has 9 aromatic carbocycles. The maximum absolute atomic E-state index is 2.49. The molecule has 0 unspecified atom stereocenters. The highest BCUT2D eigenvalue weighted by Crippen LogP contribution is 2.47. The first-order chi connectivity index (χ1) is 30.0. The molecule has 0 bridgehead atoms. The van der Waals surface area contributed by atoms with Crippen molar-refractivity contribution in [3.8, 4) is 39.1 Å². The largest absolute Gasteiger partial charge is 0.310 e. The summed E-state index contributed by atoms with van der Waals surface area (Å²) >= 11 is 0. The van der Waals surface area contributed by atoms with E-state index in [0.717, 1.165) is 22.7 Å². The first-order valence-electron chi connectivity index (χ1n) is 21.8. The molecule has 1 aromatic heterocycles. The number of hydrogen-bond acceptors (Lipinski definition) is 1. The van der Waals surface area contributed by atoms with Gasteiger partial charge in [0.2, 0.25) is 0 Å². The van der Waals surface area contributed by atoms with Crippen molar-refractivity contribution in [2.45, 2.75) is 52.4 Å². The maximum Gasteiger partial charge on any atom is 0.0547 e. The molecule has 0 aliphatic carbocycles. The van der Waals surface area contributed by atoms with Gasteiger partial charge in [-0.2, -0.15) is 0 Å². The van der Waals surface area contributed by atoms with Crippen LogP contribution in [0.4, 0.5) is 17.1 Å². The van der Waals surface area contributed by atoms with Gasteiger partial charge in [-0.1, -0.05) is 193 Å². The van der Waals surface area contributed by atoms with E-state index in [9.17, 15) is 0 Å². The van der Waals surface area contributed by atoms with Crippen molar-refractivity contribution in [3.63, 3.8) is 0 Å². The molecule has 0 fully saturated rings. The average Bonchev–Trinajstić information content (AvgIpc) is 3.63. The lowest BCUT2D eigenvalue weighted by molar-refractivity contribution is 0.569. The first-order valence-corrected chi connectivity index (χ1v) is 21.8. The van der Waals surface area contributed by atoms with Gasteiger partial charge in [-0.05, 0) is 115 Å². The molecule has 0 atom stereocenters. The highest BCUT2D eigenvalue weighted by atomic mass is 15.1. The molecule has 0 saturated carbocycles. The molecule has 1 heterocycles. The summed E-state index contributed by atoms with van der Waals surface area (Å²) in [4.78, 5) is 2.49. The Morgan fingerprint density at radius 2 is 0.935 bits per heavy atom. The number of hydrogen-bond donors (Lipinski definition) is 0. The van der Waals surface area contributed by atoms with Gasteiger partial charge in [-0.25, -0.2) is 0 Å². The van der Waals surface area contributed by atoms with E-state index in [1.165, 1.54) is 77.1 Å². The third kappa shape index (κ3) is 7.06. The van der Waals surface area contributed by atoms with E-state index in [1.807, 2.05) is 0 Å². The molecule has 0 saturated heterocycles. The number of nitrogens with zero attached hydrogens (tertiary/aromatic N) is 2. The summed E-state index contributed by atoms with van der Waals surface area (Å²) in [6.07, 6.45) is 0. The van der Waals surface area contributed by atoms with Gasteiger partial charge in [0, 0.05) is 33.4 Å². The molecule has 0 aliphatic heterocycles. The van der Waals surface area contributed by atoms with Gasteiger partial charge in [0.15, 0.2) is 0 Å². The lowest BCUT2D eigenvalue weighted by Gasteiger charge is -2.32. The van der Waals surface area contributed by atoms with E-state index < -0.39 is 0 Å². The number of fused-ring (bicyclic) bond motifs is 4. The molecule has 302 valence electrons. The number of benzene rings is 9. The molecule has 0 amide bonds. The van der Waals surface area contributed by atoms with Crippen LogP contribution in [-0.2, 0) is 10.8 Å². The molecular weight excluding hydrogens is 749 g/mol. The summed E-state index contributed by atoms with van der Waals surface area (Å²) in [5.74, 6) is 0. The van der Waals surface area contributed by atoms with Gasteiger partial charge in [-0.15, -0.1) is 0 Å². The molecule has 10 rings (SSSR count). The monoisotopic (exact) mass is 800 g/mol. The minimum absolute atomic E-state index is 0.0495. The van der Waals surface area contributed by atoms with Crippen LogP contribution < -0.4 is 4.90 Å². The standard InChI is InChI=1S/C60H52N2/c1-59(2,3)45-38-46(60(4,5)6)40-49(39-45)61(55-29-15-14-26-52(55)54-28-18-22-43-21-17-27-50(58(43)54)42-19-9-7-10-20-42)48-34-31-41(32-35-48)44-33-36-53-51-25-13-16-30-56(51)62(57(53)37-44)47-23-11-8-12-24-47/h7-40H,1-6H3. The Kier molecular flexibility index (Phi) is 9.68. The van der Waals surface area contributed by atoms with Crippen LogP contribution >= 0.6 is 0 Å².